The molecule has 0 saturated heterocycles. The third-order valence-corrected chi connectivity index (χ3v) is 1.40. The van der Waals surface area contributed by atoms with Gasteiger partial charge in [-0.3, -0.25) is 16.1 Å². The summed E-state index contributed by atoms with van der Waals surface area (Å²) < 4.78 is 0. The van der Waals surface area contributed by atoms with E-state index in [1.807, 2.05) is 0 Å². The summed E-state index contributed by atoms with van der Waals surface area (Å²) in [6, 6.07) is -0.729. The number of carboxylic acid groups (broad SMARTS) is 1. The quantitative estimate of drug-likeness (QED) is 0.228. The van der Waals surface area contributed by atoms with Gasteiger partial charge in [-0.1, -0.05) is 0 Å². The molecule has 0 bridgehead atoms. The van der Waals surface area contributed by atoms with Crippen LogP contribution in [0.25, 0.3) is 0 Å². The van der Waals surface area contributed by atoms with Crippen molar-refractivity contribution in [3.05, 3.63) is 0 Å². The summed E-state index contributed by atoms with van der Waals surface area (Å²) >= 11 is 0. The zero-order valence-corrected chi connectivity index (χ0v) is 6.42. The molecule has 0 aliphatic heterocycles. The van der Waals surface area contributed by atoms with Gasteiger partial charge >= 0.3 is 5.97 Å². The largest absolute Gasteiger partial charge is 0.480 e. The summed E-state index contributed by atoms with van der Waals surface area (Å²) in [6.45, 7) is 0.701. The summed E-state index contributed by atoms with van der Waals surface area (Å²) in [7, 11) is 0. The van der Waals surface area contributed by atoms with Gasteiger partial charge in [0.05, 0.1) is 0 Å². The van der Waals surface area contributed by atoms with E-state index < -0.39 is 12.0 Å². The Balaban J connectivity index is 3.17. The van der Waals surface area contributed by atoms with Crippen molar-refractivity contribution < 1.29 is 9.90 Å². The van der Waals surface area contributed by atoms with Gasteiger partial charge in [0, 0.05) is 6.54 Å². The molecule has 0 aromatic heterocycles. The molecule has 6 N–H and O–H groups in total. The second-order valence-electron chi connectivity index (χ2n) is 2.39. The van der Waals surface area contributed by atoms with E-state index in [4.69, 9.17) is 16.7 Å². The Hall–Kier alpha value is -0.650. The lowest BCUT2D eigenvalue weighted by atomic mass is 10.1. The molecule has 0 aliphatic rings. The first kappa shape index (κ1) is 10.3. The Labute approximate surface area is 65.7 Å². The van der Waals surface area contributed by atoms with Crippen molar-refractivity contribution in [1.82, 2.24) is 5.43 Å². The fourth-order valence-corrected chi connectivity index (χ4v) is 0.715. The van der Waals surface area contributed by atoms with Crippen LogP contribution in [0.5, 0.6) is 0 Å². The van der Waals surface area contributed by atoms with E-state index in [2.05, 4.69) is 5.43 Å². The van der Waals surface area contributed by atoms with Crippen LogP contribution >= 0.6 is 0 Å². The van der Waals surface area contributed by atoms with E-state index in [1.165, 1.54) is 0 Å². The van der Waals surface area contributed by atoms with Crippen LogP contribution in [0.2, 0.25) is 0 Å². The average molecular weight is 161 g/mol. The maximum atomic E-state index is 10.2. The molecule has 0 heterocycles. The average Bonchev–Trinajstić information content (AvgIpc) is 1.97. The third-order valence-electron chi connectivity index (χ3n) is 1.40. The molecule has 66 valence electrons. The normalized spacial score (nSPS) is 12.9. The fourth-order valence-electron chi connectivity index (χ4n) is 0.715. The molecule has 5 heteroatoms. The van der Waals surface area contributed by atoms with Crippen LogP contribution in [-0.2, 0) is 4.79 Å². The second kappa shape index (κ2) is 6.09. The van der Waals surface area contributed by atoms with Gasteiger partial charge in [0.15, 0.2) is 0 Å². The van der Waals surface area contributed by atoms with E-state index in [-0.39, 0.29) is 0 Å². The molecule has 1 atom stereocenters. The highest BCUT2D eigenvalue weighted by Gasteiger charge is 2.09. The lowest BCUT2D eigenvalue weighted by Crippen LogP contribution is -2.30. The molecule has 5 nitrogen and oxygen atoms in total. The number of unbranched alkanes of at least 4 members (excludes halogenated alkanes) is 1. The van der Waals surface area contributed by atoms with Crippen molar-refractivity contribution in [2.45, 2.75) is 25.3 Å². The van der Waals surface area contributed by atoms with Crippen LogP contribution < -0.4 is 17.0 Å². The summed E-state index contributed by atoms with van der Waals surface area (Å²) in [5, 5.41) is 8.37. The van der Waals surface area contributed by atoms with Crippen molar-refractivity contribution in [2.75, 3.05) is 6.54 Å². The molecule has 11 heavy (non-hydrogen) atoms. The van der Waals surface area contributed by atoms with Gasteiger partial charge in [-0.25, -0.2) is 0 Å². The fraction of sp³-hybridized carbons (Fsp3) is 0.833. The number of carbonyl (C=O) groups is 1. The Morgan fingerprint density at radius 3 is 2.64 bits per heavy atom. The first-order valence-electron chi connectivity index (χ1n) is 3.60. The zero-order chi connectivity index (χ0) is 8.69. The molecule has 0 amide bonds. The van der Waals surface area contributed by atoms with Gasteiger partial charge in [-0.15, -0.1) is 0 Å². The van der Waals surface area contributed by atoms with E-state index in [0.29, 0.717) is 13.0 Å². The van der Waals surface area contributed by atoms with E-state index in [1.54, 1.807) is 0 Å². The number of nitrogens with two attached hydrogens (primary N) is 2. The number of aliphatic carboxylic acids is 1. The molecule has 0 aromatic rings. The first-order chi connectivity index (χ1) is 5.18. The topological polar surface area (TPSA) is 101 Å². The Bertz CT molecular complexity index is 118. The van der Waals surface area contributed by atoms with Crippen molar-refractivity contribution in [1.29, 1.82) is 0 Å². The maximum Gasteiger partial charge on any atom is 0.320 e. The minimum atomic E-state index is -0.939. The molecule has 0 aliphatic carbocycles. The van der Waals surface area contributed by atoms with E-state index in [0.717, 1.165) is 12.8 Å². The lowest BCUT2D eigenvalue weighted by Gasteiger charge is -2.04. The molecule has 0 aromatic carbocycles. The van der Waals surface area contributed by atoms with Crippen molar-refractivity contribution in [3.8, 4) is 0 Å². The first-order valence-corrected chi connectivity index (χ1v) is 3.60. The van der Waals surface area contributed by atoms with Crippen molar-refractivity contribution >= 4 is 5.97 Å². The third kappa shape index (κ3) is 5.78. The molecule has 0 rings (SSSR count). The SMILES string of the molecule is NNCCCC[C@@H](N)C(=O)O. The Kier molecular flexibility index (Phi) is 5.73. The van der Waals surface area contributed by atoms with Crippen LogP contribution in [0.4, 0.5) is 0 Å². The number of nitrogens with one attached hydrogen (secondary N) is 1. The van der Waals surface area contributed by atoms with E-state index >= 15 is 0 Å². The minimum Gasteiger partial charge on any atom is -0.480 e. The van der Waals surface area contributed by atoms with Gasteiger partial charge in [0.2, 0.25) is 0 Å². The second-order valence-corrected chi connectivity index (χ2v) is 2.39. The Morgan fingerprint density at radius 2 is 2.18 bits per heavy atom. The van der Waals surface area contributed by atoms with Gasteiger partial charge in [-0.05, 0) is 19.3 Å². The molecular weight excluding hydrogens is 146 g/mol. The van der Waals surface area contributed by atoms with Gasteiger partial charge in [-0.2, -0.15) is 0 Å². The molecule has 0 saturated carbocycles. The smallest absolute Gasteiger partial charge is 0.320 e. The van der Waals surface area contributed by atoms with Crippen LogP contribution in [0.1, 0.15) is 19.3 Å². The van der Waals surface area contributed by atoms with E-state index in [9.17, 15) is 4.79 Å². The van der Waals surface area contributed by atoms with Gasteiger partial charge < -0.3 is 10.8 Å². The molecular formula is C6H15N3O2. The van der Waals surface area contributed by atoms with Crippen LogP contribution in [0.15, 0.2) is 0 Å². The van der Waals surface area contributed by atoms with Crippen LogP contribution in [-0.4, -0.2) is 23.7 Å². The molecule has 0 unspecified atom stereocenters. The van der Waals surface area contributed by atoms with Gasteiger partial charge in [0.1, 0.15) is 6.04 Å². The highest BCUT2D eigenvalue weighted by Crippen LogP contribution is 1.97. The highest BCUT2D eigenvalue weighted by atomic mass is 16.4. The molecule has 0 fully saturated rings. The minimum absolute atomic E-state index is 0.511. The summed E-state index contributed by atoms with van der Waals surface area (Å²) in [4.78, 5) is 10.2. The number of rotatable bonds is 6. The standard InChI is InChI=1S/C6H15N3O2/c7-5(6(10)11)3-1-2-4-9-8/h5,9H,1-4,7-8H2,(H,10,11)/t5-/m1/s1. The molecule has 0 radical (unpaired) electrons. The number of hydrazine groups is 1. The Morgan fingerprint density at radius 1 is 1.55 bits per heavy atom. The van der Waals surface area contributed by atoms with Crippen molar-refractivity contribution in [2.24, 2.45) is 11.6 Å². The van der Waals surface area contributed by atoms with Crippen molar-refractivity contribution in [3.63, 3.8) is 0 Å². The molecule has 0 spiro atoms. The monoisotopic (exact) mass is 161 g/mol. The number of carboxylic acids is 1. The maximum absolute atomic E-state index is 10.2. The highest BCUT2D eigenvalue weighted by molar-refractivity contribution is 5.72. The van der Waals surface area contributed by atoms with Crippen LogP contribution in [0.3, 0.4) is 0 Å². The lowest BCUT2D eigenvalue weighted by molar-refractivity contribution is -0.138. The summed E-state index contributed by atoms with van der Waals surface area (Å²) in [5.41, 5.74) is 7.73. The zero-order valence-electron chi connectivity index (χ0n) is 6.42. The van der Waals surface area contributed by atoms with Gasteiger partial charge in [0.25, 0.3) is 0 Å². The summed E-state index contributed by atoms with van der Waals surface area (Å²) in [6.07, 6.45) is 2.16. The number of hydrogen-bond donors (Lipinski definition) is 4. The van der Waals surface area contributed by atoms with Crippen LogP contribution in [0, 0.1) is 0 Å². The number of hydrogen-bond acceptors (Lipinski definition) is 4. The predicted octanol–water partition coefficient (Wildman–Crippen LogP) is -0.968. The summed E-state index contributed by atoms with van der Waals surface area (Å²) in [5.74, 6) is 4.07. The predicted molar refractivity (Wildman–Crippen MR) is 41.7 cm³/mol.